The maximum atomic E-state index is 17.9. The Hall–Kier alpha value is -8.88. The van der Waals surface area contributed by atoms with Gasteiger partial charge in [0.15, 0.2) is 11.6 Å². The Morgan fingerprint density at radius 1 is 0.300 bits per heavy atom. The van der Waals surface area contributed by atoms with Gasteiger partial charge in [-0.1, -0.05) is 182 Å². The molecule has 336 valence electrons. The van der Waals surface area contributed by atoms with E-state index >= 15 is 13.2 Å². The van der Waals surface area contributed by atoms with Gasteiger partial charge in [-0.05, 0) is 106 Å². The summed E-state index contributed by atoms with van der Waals surface area (Å²) in [6, 6.07) is 63.1. The summed E-state index contributed by atoms with van der Waals surface area (Å²) in [5, 5.41) is 0. The molecule has 9 aromatic rings. The van der Waals surface area contributed by atoms with Gasteiger partial charge in [-0.2, -0.15) is 13.2 Å². The number of fused-ring (bicyclic) bond motifs is 8. The topological polar surface area (TPSA) is 25.9 Å². The smallest absolute Gasteiger partial charge is 0.306 e. The monoisotopic (exact) mass is 913 g/mol. The summed E-state index contributed by atoms with van der Waals surface area (Å²) in [7, 11) is 0. The Balaban J connectivity index is 1.31. The number of alkyl halides is 3. The Kier molecular flexibility index (Phi) is 9.69. The molecule has 0 bridgehead atoms. The molecule has 13 rings (SSSR count). The first-order valence-electron chi connectivity index (χ1n) is 23.5. The van der Waals surface area contributed by atoms with E-state index in [2.05, 4.69) is 34.1 Å². The number of halogens is 3. The van der Waals surface area contributed by atoms with Crippen LogP contribution in [0.2, 0.25) is 0 Å². The van der Waals surface area contributed by atoms with E-state index in [1.165, 1.54) is 0 Å². The molecule has 0 saturated carbocycles. The largest absolute Gasteiger partial charge is 0.422 e. The van der Waals surface area contributed by atoms with Crippen LogP contribution in [0, 0.1) is 0 Å². The van der Waals surface area contributed by atoms with Gasteiger partial charge in [-0.15, -0.1) is 0 Å². The first-order chi connectivity index (χ1) is 34.4. The van der Waals surface area contributed by atoms with E-state index in [0.717, 1.165) is 67.3 Å². The van der Waals surface area contributed by atoms with E-state index in [0.29, 0.717) is 41.4 Å². The van der Waals surface area contributed by atoms with Crippen molar-refractivity contribution < 1.29 is 13.2 Å². The van der Waals surface area contributed by atoms with Crippen molar-refractivity contribution in [3.63, 3.8) is 0 Å². The highest BCUT2D eigenvalue weighted by molar-refractivity contribution is 6.08. The number of rotatable bonds is 4. The van der Waals surface area contributed by atoms with Crippen molar-refractivity contribution in [3.05, 3.63) is 244 Å². The van der Waals surface area contributed by atoms with Crippen LogP contribution in [-0.4, -0.2) is 4.98 Å². The molecule has 0 amide bonds. The molecule has 4 aliphatic heterocycles. The normalized spacial score (nSPS) is 14.1. The minimum absolute atomic E-state index is 0.0676. The van der Waals surface area contributed by atoms with Crippen LogP contribution in [0.4, 0.5) is 81.7 Å². The van der Waals surface area contributed by atoms with Gasteiger partial charge in [0, 0.05) is 11.4 Å². The Morgan fingerprint density at radius 2 is 0.571 bits per heavy atom. The number of aryl methyl sites for hydroxylation is 2. The van der Waals surface area contributed by atoms with Gasteiger partial charge in [-0.3, -0.25) is 9.80 Å². The predicted octanol–water partition coefficient (Wildman–Crippen LogP) is 17.5. The molecule has 0 aliphatic carbocycles. The van der Waals surface area contributed by atoms with Gasteiger partial charge in [0.05, 0.1) is 39.8 Å². The summed E-state index contributed by atoms with van der Waals surface area (Å²) in [6.07, 6.45) is 8.47. The molecule has 0 atom stereocenters. The van der Waals surface area contributed by atoms with E-state index < -0.39 is 11.7 Å². The third kappa shape index (κ3) is 6.66. The van der Waals surface area contributed by atoms with Crippen LogP contribution in [0.15, 0.2) is 194 Å². The molecule has 0 radical (unpaired) electrons. The zero-order valence-electron chi connectivity index (χ0n) is 37.7. The van der Waals surface area contributed by atoms with E-state index in [-0.39, 0.29) is 17.2 Å². The second-order valence-electron chi connectivity index (χ2n) is 17.8. The molecule has 1 aromatic heterocycles. The molecule has 5 heterocycles. The molecule has 8 aromatic carbocycles. The van der Waals surface area contributed by atoms with E-state index in [4.69, 9.17) is 4.98 Å². The highest BCUT2D eigenvalue weighted by Crippen LogP contribution is 2.62. The average molecular weight is 914 g/mol. The van der Waals surface area contributed by atoms with Gasteiger partial charge in [0.2, 0.25) is 0 Å². The Labute approximate surface area is 404 Å². The number of para-hydroxylation sites is 8. The van der Waals surface area contributed by atoms with Crippen LogP contribution in [0.3, 0.4) is 0 Å². The minimum atomic E-state index is -5.00. The van der Waals surface area contributed by atoms with Crippen LogP contribution >= 0.6 is 0 Å². The van der Waals surface area contributed by atoms with Crippen molar-refractivity contribution >= 4 is 105 Å². The summed E-state index contributed by atoms with van der Waals surface area (Å²) < 4.78 is 53.7. The number of hydrogen-bond acceptors (Lipinski definition) is 5. The third-order valence-electron chi connectivity index (χ3n) is 13.8. The molecule has 4 aliphatic rings. The molecule has 0 saturated heterocycles. The van der Waals surface area contributed by atoms with E-state index in [1.807, 2.05) is 211 Å². The van der Waals surface area contributed by atoms with E-state index in [1.54, 1.807) is 4.90 Å². The Bertz CT molecular complexity index is 3470. The van der Waals surface area contributed by atoms with Crippen LogP contribution in [0.1, 0.15) is 50.1 Å². The van der Waals surface area contributed by atoms with Crippen LogP contribution < -0.4 is 19.6 Å². The summed E-state index contributed by atoms with van der Waals surface area (Å²) in [5.41, 5.74) is 11.5. The van der Waals surface area contributed by atoms with Crippen molar-refractivity contribution in [1.82, 2.24) is 4.98 Å². The molecule has 8 heteroatoms. The van der Waals surface area contributed by atoms with Crippen molar-refractivity contribution in [3.8, 4) is 0 Å². The lowest BCUT2D eigenvalue weighted by atomic mass is 10.0. The van der Waals surface area contributed by atoms with Crippen molar-refractivity contribution in [2.45, 2.75) is 19.0 Å². The molecule has 0 fully saturated rings. The van der Waals surface area contributed by atoms with Crippen LogP contribution in [-0.2, 0) is 19.0 Å². The first-order valence-corrected chi connectivity index (χ1v) is 23.5. The molecule has 0 spiro atoms. The minimum Gasteiger partial charge on any atom is -0.306 e. The number of nitrogens with zero attached hydrogens (tertiary/aromatic N) is 5. The van der Waals surface area contributed by atoms with Crippen molar-refractivity contribution in [2.75, 3.05) is 19.6 Å². The lowest BCUT2D eigenvalue weighted by Crippen LogP contribution is -2.29. The third-order valence-corrected chi connectivity index (χ3v) is 13.8. The zero-order chi connectivity index (χ0) is 46.9. The van der Waals surface area contributed by atoms with Crippen LogP contribution in [0.5, 0.6) is 0 Å². The predicted molar refractivity (Wildman–Crippen MR) is 282 cm³/mol. The van der Waals surface area contributed by atoms with Crippen molar-refractivity contribution in [1.29, 1.82) is 0 Å². The lowest BCUT2D eigenvalue weighted by molar-refractivity contribution is -0.136. The number of anilines is 12. The number of pyridine rings is 1. The highest BCUT2D eigenvalue weighted by atomic mass is 19.4. The second kappa shape index (κ2) is 16.4. The molecular formula is C62H42F3N5. The quantitative estimate of drug-likeness (QED) is 0.175. The number of aromatic nitrogens is 1. The fourth-order valence-corrected chi connectivity index (χ4v) is 10.7. The SMILES string of the molecule is FC(F)(F)c1c(N2c3ccccc3C=Cc3ccccc32)nc(N2c3ccccc3C=Cc3ccccc32)c(N2c3ccccc3CCc3ccccc32)c1N1c2ccccc2C=Cc2ccccc21. The summed E-state index contributed by atoms with van der Waals surface area (Å²) in [4.78, 5) is 13.5. The lowest BCUT2D eigenvalue weighted by Gasteiger charge is -2.41. The summed E-state index contributed by atoms with van der Waals surface area (Å²) in [6.45, 7) is 0. The molecule has 70 heavy (non-hydrogen) atoms. The number of benzene rings is 8. The molecular weight excluding hydrogens is 872 g/mol. The van der Waals surface area contributed by atoms with Gasteiger partial charge in [0.25, 0.3) is 0 Å². The van der Waals surface area contributed by atoms with Crippen molar-refractivity contribution in [2.24, 2.45) is 0 Å². The summed E-state index contributed by atoms with van der Waals surface area (Å²) >= 11 is 0. The van der Waals surface area contributed by atoms with Gasteiger partial charge >= 0.3 is 6.18 Å². The highest BCUT2D eigenvalue weighted by Gasteiger charge is 2.48. The summed E-state index contributed by atoms with van der Waals surface area (Å²) in [5.74, 6) is 0.0491. The number of hydrogen-bond donors (Lipinski definition) is 0. The average Bonchev–Trinajstić information content (AvgIpc) is 3.82. The van der Waals surface area contributed by atoms with Gasteiger partial charge < -0.3 is 9.80 Å². The fraction of sp³-hybridized carbons (Fsp3) is 0.0484. The van der Waals surface area contributed by atoms with Crippen LogP contribution in [0.25, 0.3) is 36.5 Å². The second-order valence-corrected chi connectivity index (χ2v) is 17.8. The van der Waals surface area contributed by atoms with Gasteiger partial charge in [0.1, 0.15) is 11.3 Å². The fourth-order valence-electron chi connectivity index (χ4n) is 10.7. The molecule has 0 unspecified atom stereocenters. The molecule has 5 nitrogen and oxygen atoms in total. The van der Waals surface area contributed by atoms with Gasteiger partial charge in [-0.25, -0.2) is 4.98 Å². The standard InChI is InChI=1S/C62H42F3N5/c63-62(64,65)57-58(67-49-25-9-1-17-41(49)33-34-42-18-2-10-26-50(42)67)59(68-51-27-11-3-19-43(51)35-36-44-20-4-12-28-52(44)68)61(70-55-31-15-7-23-47(55)39-40-48-24-8-16-32-56(48)70)66-60(57)69-53-29-13-5-21-45(53)37-38-46-22-6-14-30-54(46)69/h1-34,37-40H,35-36H2. The van der Waals surface area contributed by atoms with E-state index in [9.17, 15) is 0 Å². The maximum absolute atomic E-state index is 17.9. The Morgan fingerprint density at radius 3 is 0.914 bits per heavy atom. The molecule has 0 N–H and O–H groups in total. The maximum Gasteiger partial charge on any atom is 0.422 e. The first kappa shape index (κ1) is 41.3. The zero-order valence-corrected chi connectivity index (χ0v) is 37.7.